The highest BCUT2D eigenvalue weighted by molar-refractivity contribution is 5.51. The van der Waals surface area contributed by atoms with Gasteiger partial charge in [0.15, 0.2) is 11.5 Å². The largest absolute Gasteiger partial charge is 0.486 e. The third kappa shape index (κ3) is 3.81. The minimum atomic E-state index is 0.322. The first-order valence-corrected chi connectivity index (χ1v) is 10.7. The van der Waals surface area contributed by atoms with Crippen LogP contribution < -0.4 is 19.7 Å². The van der Waals surface area contributed by atoms with Crippen LogP contribution in [0, 0.1) is 12.8 Å². The van der Waals surface area contributed by atoms with E-state index in [9.17, 15) is 0 Å². The minimum Gasteiger partial charge on any atom is -0.486 e. The Labute approximate surface area is 171 Å². The van der Waals surface area contributed by atoms with Crippen molar-refractivity contribution in [3.05, 3.63) is 35.0 Å². The Morgan fingerprint density at radius 3 is 2.62 bits per heavy atom. The Bertz CT molecular complexity index is 871. The van der Waals surface area contributed by atoms with Crippen molar-refractivity contribution < 1.29 is 14.2 Å². The molecule has 1 aliphatic carbocycles. The number of anilines is 1. The second-order valence-corrected chi connectivity index (χ2v) is 8.21. The fourth-order valence-corrected chi connectivity index (χ4v) is 4.52. The highest BCUT2D eigenvalue weighted by Crippen LogP contribution is 2.43. The van der Waals surface area contributed by atoms with Crippen molar-refractivity contribution >= 4 is 5.82 Å². The van der Waals surface area contributed by atoms with Crippen LogP contribution in [0.4, 0.5) is 5.82 Å². The molecule has 1 aromatic heterocycles. The molecule has 1 unspecified atom stereocenters. The van der Waals surface area contributed by atoms with E-state index in [0.29, 0.717) is 25.2 Å². The number of ether oxygens (including phenoxy) is 3. The number of hydrogen-bond acceptors (Lipinski definition) is 6. The van der Waals surface area contributed by atoms with Gasteiger partial charge in [0.05, 0.1) is 18.9 Å². The van der Waals surface area contributed by atoms with Crippen LogP contribution in [0.25, 0.3) is 0 Å². The molecular formula is C22H30N4O3. The first-order valence-electron chi connectivity index (χ1n) is 10.7. The average Bonchev–Trinajstić information content (AvgIpc) is 3.54. The maximum atomic E-state index is 5.81. The molecular weight excluding hydrogens is 368 g/mol. The zero-order valence-corrected chi connectivity index (χ0v) is 17.3. The summed E-state index contributed by atoms with van der Waals surface area (Å²) in [5, 5.41) is 8.56. The van der Waals surface area contributed by atoms with E-state index in [1.807, 2.05) is 11.7 Å². The average molecular weight is 399 g/mol. The molecule has 156 valence electrons. The van der Waals surface area contributed by atoms with Crippen LogP contribution in [-0.2, 0) is 18.3 Å². The highest BCUT2D eigenvalue weighted by Gasteiger charge is 2.33. The van der Waals surface area contributed by atoms with Crippen molar-refractivity contribution in [2.75, 3.05) is 44.4 Å². The number of fused-ring (bicyclic) bond motifs is 1. The molecule has 7 nitrogen and oxygen atoms in total. The number of benzene rings is 1. The molecule has 0 amide bonds. The molecule has 2 aromatic rings. The van der Waals surface area contributed by atoms with E-state index in [-0.39, 0.29) is 0 Å². The van der Waals surface area contributed by atoms with Gasteiger partial charge in [-0.3, -0.25) is 4.68 Å². The molecule has 1 saturated heterocycles. The molecule has 3 heterocycles. The van der Waals surface area contributed by atoms with Crippen LogP contribution in [0.3, 0.4) is 0 Å². The van der Waals surface area contributed by atoms with Gasteiger partial charge in [-0.1, -0.05) is 6.07 Å². The molecule has 1 N–H and O–H groups in total. The van der Waals surface area contributed by atoms with Gasteiger partial charge in [-0.25, -0.2) is 0 Å². The van der Waals surface area contributed by atoms with Gasteiger partial charge in [-0.2, -0.15) is 5.10 Å². The lowest BCUT2D eigenvalue weighted by atomic mass is 10.0. The predicted molar refractivity (Wildman–Crippen MR) is 111 cm³/mol. The first-order chi connectivity index (χ1) is 14.2. The van der Waals surface area contributed by atoms with Gasteiger partial charge in [-0.05, 0) is 43.4 Å². The monoisotopic (exact) mass is 398 g/mol. The van der Waals surface area contributed by atoms with Gasteiger partial charge in [0.25, 0.3) is 0 Å². The van der Waals surface area contributed by atoms with Gasteiger partial charge in [0.1, 0.15) is 19.0 Å². The summed E-state index contributed by atoms with van der Waals surface area (Å²) in [6.45, 7) is 7.55. The first kappa shape index (κ1) is 18.8. The molecule has 7 heteroatoms. The van der Waals surface area contributed by atoms with Crippen LogP contribution in [0.5, 0.6) is 11.5 Å². The van der Waals surface area contributed by atoms with Crippen LogP contribution in [0.2, 0.25) is 0 Å². The van der Waals surface area contributed by atoms with E-state index < -0.39 is 0 Å². The van der Waals surface area contributed by atoms with Crippen LogP contribution in [-0.4, -0.2) is 49.3 Å². The van der Waals surface area contributed by atoms with Crippen molar-refractivity contribution in [1.82, 2.24) is 15.1 Å². The number of rotatable bonds is 6. The van der Waals surface area contributed by atoms with Crippen LogP contribution in [0.1, 0.15) is 35.7 Å². The summed E-state index contributed by atoms with van der Waals surface area (Å²) < 4.78 is 19.1. The lowest BCUT2D eigenvalue weighted by Gasteiger charge is -2.30. The second kappa shape index (κ2) is 7.88. The van der Waals surface area contributed by atoms with Gasteiger partial charge >= 0.3 is 0 Å². The van der Waals surface area contributed by atoms with E-state index in [1.165, 1.54) is 29.8 Å². The molecule has 3 aliphatic rings. The SMILES string of the molecule is Cc1nn(C)c(N2CCOCC2)c1CNC(c1ccc2c(c1)OCCO2)C1CC1. The smallest absolute Gasteiger partial charge is 0.161 e. The predicted octanol–water partition coefficient (Wildman–Crippen LogP) is 2.58. The van der Waals surface area contributed by atoms with Gasteiger partial charge in [-0.15, -0.1) is 0 Å². The summed E-state index contributed by atoms with van der Waals surface area (Å²) in [5.41, 5.74) is 3.67. The standard InChI is InChI=1S/C22H30N4O3/c1-15-18(22(25(2)24-15)26-7-9-27-10-8-26)14-23-21(16-3-4-16)17-5-6-19-20(13-17)29-12-11-28-19/h5-6,13,16,21,23H,3-4,7-12,14H2,1-2H3. The van der Waals surface area contributed by atoms with Gasteiger partial charge in [0, 0.05) is 38.3 Å². The molecule has 1 atom stereocenters. The summed E-state index contributed by atoms with van der Waals surface area (Å²) in [7, 11) is 2.04. The van der Waals surface area contributed by atoms with E-state index in [0.717, 1.165) is 50.0 Å². The maximum absolute atomic E-state index is 5.81. The maximum Gasteiger partial charge on any atom is 0.161 e. The van der Waals surface area contributed by atoms with Crippen molar-refractivity contribution in [2.24, 2.45) is 13.0 Å². The number of nitrogens with one attached hydrogen (secondary N) is 1. The van der Waals surface area contributed by atoms with Crippen molar-refractivity contribution in [3.63, 3.8) is 0 Å². The molecule has 1 saturated carbocycles. The quantitative estimate of drug-likeness (QED) is 0.807. The number of aryl methyl sites for hydroxylation is 2. The molecule has 0 bridgehead atoms. The second-order valence-electron chi connectivity index (χ2n) is 8.21. The van der Waals surface area contributed by atoms with E-state index in [4.69, 9.17) is 19.3 Å². The summed E-state index contributed by atoms with van der Waals surface area (Å²) in [5.74, 6) is 3.62. The summed E-state index contributed by atoms with van der Waals surface area (Å²) in [4.78, 5) is 2.40. The Hall–Kier alpha value is -2.25. The van der Waals surface area contributed by atoms with Gasteiger partial charge in [0.2, 0.25) is 0 Å². The molecule has 1 aromatic carbocycles. The third-order valence-electron chi connectivity index (χ3n) is 6.14. The van der Waals surface area contributed by atoms with Crippen molar-refractivity contribution in [3.8, 4) is 11.5 Å². The number of morpholine rings is 1. The van der Waals surface area contributed by atoms with Crippen molar-refractivity contribution in [2.45, 2.75) is 32.4 Å². The highest BCUT2D eigenvalue weighted by atomic mass is 16.6. The van der Waals surface area contributed by atoms with E-state index in [2.05, 4.69) is 35.3 Å². The third-order valence-corrected chi connectivity index (χ3v) is 6.14. The minimum absolute atomic E-state index is 0.322. The zero-order valence-electron chi connectivity index (χ0n) is 17.3. The lowest BCUT2D eigenvalue weighted by molar-refractivity contribution is 0.122. The fourth-order valence-electron chi connectivity index (χ4n) is 4.52. The normalized spacial score (nSPS) is 20.0. The Kier molecular flexibility index (Phi) is 5.09. The van der Waals surface area contributed by atoms with E-state index in [1.54, 1.807) is 0 Å². The Balaban J connectivity index is 1.37. The molecule has 2 aliphatic heterocycles. The van der Waals surface area contributed by atoms with Gasteiger partial charge < -0.3 is 24.4 Å². The molecule has 5 rings (SSSR count). The summed E-state index contributed by atoms with van der Waals surface area (Å²) in [6, 6.07) is 6.71. The Morgan fingerprint density at radius 2 is 1.86 bits per heavy atom. The number of nitrogens with zero attached hydrogens (tertiary/aromatic N) is 3. The lowest BCUT2D eigenvalue weighted by Crippen LogP contribution is -2.38. The van der Waals surface area contributed by atoms with Crippen molar-refractivity contribution in [1.29, 1.82) is 0 Å². The zero-order chi connectivity index (χ0) is 19.8. The summed E-state index contributed by atoms with van der Waals surface area (Å²) >= 11 is 0. The fraction of sp³-hybridized carbons (Fsp3) is 0.591. The van der Waals surface area contributed by atoms with Crippen LogP contribution in [0.15, 0.2) is 18.2 Å². The summed E-state index contributed by atoms with van der Waals surface area (Å²) in [6.07, 6.45) is 2.54. The Morgan fingerprint density at radius 1 is 1.10 bits per heavy atom. The molecule has 2 fully saturated rings. The van der Waals surface area contributed by atoms with E-state index >= 15 is 0 Å². The number of hydrogen-bond donors (Lipinski definition) is 1. The van der Waals surface area contributed by atoms with Crippen LogP contribution >= 0.6 is 0 Å². The molecule has 0 radical (unpaired) electrons. The number of aromatic nitrogens is 2. The topological polar surface area (TPSA) is 60.8 Å². The molecule has 0 spiro atoms. The molecule has 29 heavy (non-hydrogen) atoms.